The summed E-state index contributed by atoms with van der Waals surface area (Å²) in [5.41, 5.74) is 1.08. The number of pyridine rings is 1. The van der Waals surface area contributed by atoms with Crippen LogP contribution in [0.25, 0.3) is 5.70 Å². The molecule has 1 aromatic heterocycles. The van der Waals surface area contributed by atoms with Crippen molar-refractivity contribution in [3.63, 3.8) is 0 Å². The van der Waals surface area contributed by atoms with Crippen LogP contribution in [0.1, 0.15) is 42.1 Å². The number of rotatable bonds is 8. The Balaban J connectivity index is 2.38. The Bertz CT molecular complexity index is 1310. The second-order valence-corrected chi connectivity index (χ2v) is 8.23. The van der Waals surface area contributed by atoms with E-state index >= 15 is 0 Å². The Morgan fingerprint density at radius 2 is 1.97 bits per heavy atom. The first-order valence-electron chi connectivity index (χ1n) is 10.5. The summed E-state index contributed by atoms with van der Waals surface area (Å²) in [7, 11) is 0. The van der Waals surface area contributed by atoms with Crippen LogP contribution in [-0.4, -0.2) is 23.1 Å². The number of benzene rings is 1. The number of carbonyl (C=O) groups excluding carboxylic acids is 2. The lowest BCUT2D eigenvalue weighted by molar-refractivity contribution is -0.142. The van der Waals surface area contributed by atoms with E-state index in [0.29, 0.717) is 12.1 Å². The third-order valence-corrected chi connectivity index (χ3v) is 5.37. The van der Waals surface area contributed by atoms with Gasteiger partial charge in [-0.1, -0.05) is 24.2 Å². The lowest BCUT2D eigenvalue weighted by Gasteiger charge is -2.19. The quantitative estimate of drug-likeness (QED) is 0.226. The summed E-state index contributed by atoms with van der Waals surface area (Å²) >= 11 is 6.29. The second kappa shape index (κ2) is 11.9. The maximum absolute atomic E-state index is 13.9. The van der Waals surface area contributed by atoms with Gasteiger partial charge in [0.2, 0.25) is 5.91 Å². The predicted molar refractivity (Wildman–Crippen MR) is 127 cm³/mol. The molecule has 0 fully saturated rings. The molecular formula is C25H23ClF4N2O4. The van der Waals surface area contributed by atoms with Gasteiger partial charge in [0.15, 0.2) is 0 Å². The van der Waals surface area contributed by atoms with Crippen molar-refractivity contribution in [2.75, 3.05) is 6.61 Å². The molecule has 2 rings (SSSR count). The molecule has 0 aliphatic heterocycles. The number of carbonyl (C=O) groups is 2. The average Bonchev–Trinajstić information content (AvgIpc) is 2.77. The number of ether oxygens (including phenoxy) is 1. The summed E-state index contributed by atoms with van der Waals surface area (Å²) < 4.78 is 58.5. The van der Waals surface area contributed by atoms with Crippen LogP contribution in [0.3, 0.4) is 0 Å². The zero-order valence-electron chi connectivity index (χ0n) is 19.6. The number of hydrogen-bond donors (Lipinski definition) is 1. The van der Waals surface area contributed by atoms with Crippen LogP contribution in [0.2, 0.25) is 0 Å². The molecular weight excluding hydrogens is 504 g/mol. The smallest absolute Gasteiger partial charge is 0.419 e. The fraction of sp³-hybridized carbons (Fsp3) is 0.280. The van der Waals surface area contributed by atoms with Crippen molar-refractivity contribution in [3.8, 4) is 0 Å². The zero-order chi connectivity index (χ0) is 27.2. The van der Waals surface area contributed by atoms with E-state index in [1.807, 2.05) is 0 Å². The first-order valence-corrected chi connectivity index (χ1v) is 10.9. The van der Waals surface area contributed by atoms with E-state index in [1.165, 1.54) is 36.8 Å². The number of esters is 1. The Kier molecular flexibility index (Phi) is 9.44. The molecule has 0 aliphatic rings. The van der Waals surface area contributed by atoms with Crippen molar-refractivity contribution in [2.24, 2.45) is 0 Å². The summed E-state index contributed by atoms with van der Waals surface area (Å²) in [5, 5.41) is 2.51. The lowest BCUT2D eigenvalue weighted by atomic mass is 10.0. The van der Waals surface area contributed by atoms with Gasteiger partial charge in [-0.05, 0) is 37.6 Å². The van der Waals surface area contributed by atoms with Gasteiger partial charge in [0.1, 0.15) is 12.4 Å². The van der Waals surface area contributed by atoms with Gasteiger partial charge in [-0.15, -0.1) is 5.73 Å². The second-order valence-electron chi connectivity index (χ2n) is 7.83. The Labute approximate surface area is 209 Å². The van der Waals surface area contributed by atoms with Crippen LogP contribution in [0, 0.1) is 12.7 Å². The molecule has 11 heteroatoms. The first-order chi connectivity index (χ1) is 16.8. The minimum Gasteiger partial charge on any atom is -0.464 e. The van der Waals surface area contributed by atoms with E-state index in [1.54, 1.807) is 6.92 Å². The molecule has 0 saturated heterocycles. The number of nitrogens with zero attached hydrogens (tertiary/aromatic N) is 1. The van der Waals surface area contributed by atoms with Gasteiger partial charge in [-0.2, -0.15) is 13.2 Å². The standard InChI is InChI=1S/C25H23ClF4N2O4/c1-5-6-20(26)23(18-9-10-32(24(35)15(18)3)14(2)13-36-16(4)33)31-22(34)12-17-7-8-19(21(27)11-17)25(28,29)30/h6-11,14H,1,12-13H2,2-4H3,(H,31,34)/b23-20-/t14-/m1/s1. The maximum Gasteiger partial charge on any atom is 0.419 e. The molecule has 1 atom stereocenters. The molecule has 6 nitrogen and oxygen atoms in total. The molecule has 1 N–H and O–H groups in total. The molecule has 0 bridgehead atoms. The van der Waals surface area contributed by atoms with Gasteiger partial charge >= 0.3 is 12.1 Å². The van der Waals surface area contributed by atoms with Crippen LogP contribution < -0.4 is 10.9 Å². The summed E-state index contributed by atoms with van der Waals surface area (Å²) in [6, 6.07) is 3.23. The Morgan fingerprint density at radius 1 is 1.31 bits per heavy atom. The summed E-state index contributed by atoms with van der Waals surface area (Å²) in [6.45, 7) is 7.82. The van der Waals surface area contributed by atoms with Crippen molar-refractivity contribution in [2.45, 2.75) is 39.4 Å². The van der Waals surface area contributed by atoms with E-state index in [2.05, 4.69) is 17.6 Å². The number of halogens is 5. The number of amides is 1. The molecule has 0 unspecified atom stereocenters. The fourth-order valence-electron chi connectivity index (χ4n) is 3.28. The first kappa shape index (κ1) is 28.6. The van der Waals surface area contributed by atoms with Crippen molar-refractivity contribution >= 4 is 29.2 Å². The normalized spacial score (nSPS) is 12.8. The molecule has 0 spiro atoms. The highest BCUT2D eigenvalue weighted by atomic mass is 35.5. The molecule has 1 heterocycles. The van der Waals surface area contributed by atoms with Crippen LogP contribution in [0.15, 0.2) is 58.7 Å². The average molecular weight is 527 g/mol. The van der Waals surface area contributed by atoms with Gasteiger partial charge < -0.3 is 14.6 Å². The van der Waals surface area contributed by atoms with Crippen LogP contribution >= 0.6 is 11.6 Å². The summed E-state index contributed by atoms with van der Waals surface area (Å²) in [4.78, 5) is 36.7. The van der Waals surface area contributed by atoms with Gasteiger partial charge in [0.25, 0.3) is 5.56 Å². The molecule has 1 aromatic carbocycles. The molecule has 1 amide bonds. The molecule has 192 valence electrons. The minimum atomic E-state index is -4.86. The van der Waals surface area contributed by atoms with Crippen LogP contribution in [0.5, 0.6) is 0 Å². The van der Waals surface area contributed by atoms with Crippen molar-refractivity contribution in [1.82, 2.24) is 9.88 Å². The number of nitrogens with one attached hydrogen (secondary N) is 1. The highest BCUT2D eigenvalue weighted by molar-refractivity contribution is 6.34. The summed E-state index contributed by atoms with van der Waals surface area (Å²) in [6.07, 6.45) is -2.63. The zero-order valence-corrected chi connectivity index (χ0v) is 20.4. The molecule has 36 heavy (non-hydrogen) atoms. The molecule has 0 aliphatic carbocycles. The third-order valence-electron chi connectivity index (χ3n) is 5.07. The highest BCUT2D eigenvalue weighted by Gasteiger charge is 2.34. The number of aromatic nitrogens is 1. The van der Waals surface area contributed by atoms with Crippen LogP contribution in [-0.2, 0) is 26.9 Å². The molecule has 0 saturated carbocycles. The largest absolute Gasteiger partial charge is 0.464 e. The predicted octanol–water partition coefficient (Wildman–Crippen LogP) is 5.05. The van der Waals surface area contributed by atoms with Gasteiger partial charge in [0, 0.05) is 30.3 Å². The maximum atomic E-state index is 13.9. The van der Waals surface area contributed by atoms with E-state index in [0.717, 1.165) is 6.07 Å². The van der Waals surface area contributed by atoms with Crippen molar-refractivity contribution in [1.29, 1.82) is 0 Å². The lowest BCUT2D eigenvalue weighted by Crippen LogP contribution is -2.30. The number of hydrogen-bond acceptors (Lipinski definition) is 4. The van der Waals surface area contributed by atoms with Gasteiger partial charge in [-0.25, -0.2) is 4.39 Å². The minimum absolute atomic E-state index is 0.000768. The SMILES string of the molecule is C=C=C/C(Cl)=C(/NC(=O)Cc1ccc(C(F)(F)F)c(F)c1)c1ccn([C@H](C)COC(C)=O)c(=O)c1C. The van der Waals surface area contributed by atoms with Gasteiger partial charge in [0.05, 0.1) is 28.8 Å². The number of alkyl halides is 3. The number of allylic oxidation sites excluding steroid dienone is 2. The van der Waals surface area contributed by atoms with E-state index in [-0.39, 0.29) is 34.0 Å². The summed E-state index contributed by atoms with van der Waals surface area (Å²) in [5.74, 6) is -2.71. The Hall–Kier alpha value is -3.62. The third kappa shape index (κ3) is 7.19. The van der Waals surface area contributed by atoms with Crippen LogP contribution in [0.4, 0.5) is 17.6 Å². The van der Waals surface area contributed by atoms with Gasteiger partial charge in [-0.3, -0.25) is 14.4 Å². The monoisotopic (exact) mass is 526 g/mol. The molecule has 2 aromatic rings. The fourth-order valence-corrected chi connectivity index (χ4v) is 3.50. The van der Waals surface area contributed by atoms with E-state index in [4.69, 9.17) is 16.3 Å². The molecule has 0 radical (unpaired) electrons. The van der Waals surface area contributed by atoms with E-state index < -0.39 is 47.5 Å². The van der Waals surface area contributed by atoms with Crippen molar-refractivity contribution < 1.29 is 31.9 Å². The van der Waals surface area contributed by atoms with E-state index in [9.17, 15) is 31.9 Å². The highest BCUT2D eigenvalue weighted by Crippen LogP contribution is 2.31. The topological polar surface area (TPSA) is 77.4 Å². The van der Waals surface area contributed by atoms with Crippen molar-refractivity contribution in [3.05, 3.63) is 92.3 Å². The Morgan fingerprint density at radius 3 is 2.53 bits per heavy atom.